The number of amides is 4. The number of hydrogen-bond acceptors (Lipinski definition) is 33. The van der Waals surface area contributed by atoms with Crippen LogP contribution in [0.25, 0.3) is 88.1 Å². The maximum absolute atomic E-state index is 12.2. The van der Waals surface area contributed by atoms with Crippen LogP contribution in [0, 0.1) is 27.7 Å². The molecule has 18 rings (SSSR count). The normalized spacial score (nSPS) is 17.8. The number of hydrogen-bond donors (Lipinski definition) is 12. The number of nitrogens with one attached hydrogen (secondary N) is 6. The highest BCUT2D eigenvalue weighted by atomic mass is 32.2. The first kappa shape index (κ1) is 85.3. The van der Waals surface area contributed by atoms with E-state index < -0.39 is 77.8 Å². The molecule has 40 heteroatoms. The number of pyridine rings is 10. The number of nitrogen functional groups attached to an aromatic ring is 6. The second-order valence-electron chi connectivity index (χ2n) is 31.2. The van der Waals surface area contributed by atoms with Gasteiger partial charge in [0.25, 0.3) is 0 Å². The Kier molecular flexibility index (Phi) is 24.1. The molecule has 12 aromatic rings. The summed E-state index contributed by atoms with van der Waals surface area (Å²) in [4.78, 5) is 92.8. The van der Waals surface area contributed by atoms with Crippen LogP contribution in [-0.2, 0) is 66.0 Å². The van der Waals surface area contributed by atoms with E-state index in [1.54, 1.807) is 30.5 Å². The zero-order chi connectivity index (χ0) is 87.7. The minimum absolute atomic E-state index is 0.0254. The standard InChI is InChI=1S/C22H24N6O4S.C22H24N6O3.2C20H21N5O4S/c1-12-15(9-25-17-3-2-5-24-20(12)17)18-7-13-8-19(26-10-16(13)21(23)27-18)28-22(29)32-14-4-6-33(30,31)11-14;1-12-14(8-25-16-4-3-5-24-19(12)16)17-6-13-7-18(26-9-15(13)20(23)27-17)28-21(29)31-22(2)10-30-11-22;2*1-11-14(3-2-4-16(11)21)17-7-12-8-18(23-9-15(12)19(22)24-17)25-20(26)29-13-5-6-30(27,28)10-13/h7-10,14,24H,2-6,11H2,1H3,(H2,23,27)(H,26,28,29);6-9,24H,3-5,10-11H2,1-2H3,(H2,23,27)(H,26,28,29);2*2-4,7-9,13H,5-6,10,21H2,1H3,(H2,22,24)(H,23,25,26)/t14-;;2*13-/m0.10/s1. The molecular formula is C84H90N22O15S3. The molecule has 4 saturated heterocycles. The van der Waals surface area contributed by atoms with Crippen molar-refractivity contribution in [2.45, 2.75) is 103 Å². The lowest BCUT2D eigenvalue weighted by atomic mass is 9.99. The van der Waals surface area contributed by atoms with Gasteiger partial charge in [0.2, 0.25) is 0 Å². The Hall–Kier alpha value is -13.7. The molecule has 4 fully saturated rings. The maximum Gasteiger partial charge on any atom is 0.413 e. The van der Waals surface area contributed by atoms with Crippen molar-refractivity contribution in [1.29, 1.82) is 0 Å². The molecule has 0 aliphatic carbocycles. The molecule has 6 aliphatic rings. The summed E-state index contributed by atoms with van der Waals surface area (Å²) >= 11 is 0. The second kappa shape index (κ2) is 35.0. The van der Waals surface area contributed by atoms with Crippen LogP contribution >= 0.6 is 0 Å². The molecule has 0 unspecified atom stereocenters. The number of rotatable bonds is 12. The molecule has 644 valence electrons. The summed E-state index contributed by atoms with van der Waals surface area (Å²) in [6.45, 7) is 12.4. The van der Waals surface area contributed by atoms with E-state index in [2.05, 4.69) is 88.7 Å². The fourth-order valence-corrected chi connectivity index (χ4v) is 20.0. The van der Waals surface area contributed by atoms with Crippen LogP contribution in [0.5, 0.6) is 0 Å². The molecule has 6 aliphatic heterocycles. The van der Waals surface area contributed by atoms with Gasteiger partial charge in [-0.3, -0.25) is 31.2 Å². The van der Waals surface area contributed by atoms with E-state index in [1.807, 2.05) is 101 Å². The van der Waals surface area contributed by atoms with Gasteiger partial charge in [-0.05, 0) is 184 Å². The zero-order valence-electron chi connectivity index (χ0n) is 68.1. The van der Waals surface area contributed by atoms with Gasteiger partial charge in [-0.15, -0.1) is 0 Å². The second-order valence-corrected chi connectivity index (χ2v) is 37.9. The van der Waals surface area contributed by atoms with Crippen LogP contribution in [0.3, 0.4) is 0 Å². The number of nitrogens with two attached hydrogens (primary N) is 6. The van der Waals surface area contributed by atoms with Gasteiger partial charge < -0.3 is 68.7 Å². The van der Waals surface area contributed by atoms with Crippen molar-refractivity contribution in [3.63, 3.8) is 0 Å². The molecule has 0 radical (unpaired) electrons. The first-order valence-corrected chi connectivity index (χ1v) is 45.1. The minimum Gasteiger partial charge on any atom is -0.445 e. The number of ether oxygens (including phenoxy) is 5. The summed E-state index contributed by atoms with van der Waals surface area (Å²) in [6, 6.07) is 25.4. The average molecular weight is 1740 g/mol. The quantitative estimate of drug-likeness (QED) is 0.0399. The number of benzene rings is 2. The van der Waals surface area contributed by atoms with Crippen LogP contribution in [0.1, 0.15) is 72.7 Å². The van der Waals surface area contributed by atoms with Crippen LogP contribution in [0.2, 0.25) is 0 Å². The van der Waals surface area contributed by atoms with Gasteiger partial charge in [-0.25, -0.2) is 84.3 Å². The molecule has 0 bridgehead atoms. The van der Waals surface area contributed by atoms with Crippen LogP contribution < -0.4 is 66.3 Å². The molecule has 16 heterocycles. The summed E-state index contributed by atoms with van der Waals surface area (Å²) in [5, 5.41) is 22.9. The van der Waals surface area contributed by atoms with Crippen molar-refractivity contribution in [2.24, 2.45) is 0 Å². The molecule has 4 amide bonds. The predicted molar refractivity (Wildman–Crippen MR) is 475 cm³/mol. The van der Waals surface area contributed by atoms with E-state index in [-0.39, 0.29) is 52.0 Å². The summed E-state index contributed by atoms with van der Waals surface area (Å²) < 4.78 is 95.3. The van der Waals surface area contributed by atoms with Crippen molar-refractivity contribution < 1.29 is 68.1 Å². The Morgan fingerprint density at radius 1 is 0.419 bits per heavy atom. The zero-order valence-corrected chi connectivity index (χ0v) is 70.5. The third-order valence-corrected chi connectivity index (χ3v) is 27.1. The number of sulfone groups is 3. The van der Waals surface area contributed by atoms with Gasteiger partial charge in [0.15, 0.2) is 35.1 Å². The molecule has 0 spiro atoms. The Morgan fingerprint density at radius 3 is 1.03 bits per heavy atom. The molecule has 37 nitrogen and oxygen atoms in total. The van der Waals surface area contributed by atoms with Gasteiger partial charge in [-0.2, -0.15) is 0 Å². The Labute approximate surface area is 711 Å². The third kappa shape index (κ3) is 19.6. The highest BCUT2D eigenvalue weighted by molar-refractivity contribution is 7.92. The lowest BCUT2D eigenvalue weighted by Crippen LogP contribution is -2.51. The topological polar surface area (TPSA) is 574 Å². The van der Waals surface area contributed by atoms with E-state index in [4.69, 9.17) is 58.1 Å². The lowest BCUT2D eigenvalue weighted by Gasteiger charge is -2.36. The molecular weight excluding hydrogens is 1650 g/mol. The summed E-state index contributed by atoms with van der Waals surface area (Å²) in [6.07, 6.45) is 10.1. The Morgan fingerprint density at radius 2 is 0.734 bits per heavy atom. The van der Waals surface area contributed by atoms with E-state index in [9.17, 15) is 44.4 Å². The molecule has 2 aromatic carbocycles. The van der Waals surface area contributed by atoms with Gasteiger partial charge in [0.1, 0.15) is 64.9 Å². The van der Waals surface area contributed by atoms with Gasteiger partial charge in [0.05, 0.1) is 93.3 Å². The van der Waals surface area contributed by atoms with E-state index in [1.165, 1.54) is 18.6 Å². The number of aryl methyl sites for hydroxylation is 2. The minimum atomic E-state index is -3.14. The van der Waals surface area contributed by atoms with Crippen molar-refractivity contribution in [2.75, 3.05) is 127 Å². The number of carbonyl (C=O) groups is 4. The number of nitrogens with zero attached hydrogens (tertiary/aromatic N) is 10. The molecule has 3 atom stereocenters. The number of aromatic nitrogens is 10. The van der Waals surface area contributed by atoms with Crippen molar-refractivity contribution >= 4 is 166 Å². The predicted octanol–water partition coefficient (Wildman–Crippen LogP) is 11.0. The molecule has 10 aromatic heterocycles. The fourth-order valence-electron chi connectivity index (χ4n) is 15.2. The smallest absolute Gasteiger partial charge is 0.413 e. The average Bonchev–Trinajstić information content (AvgIpc) is 1.05. The van der Waals surface area contributed by atoms with Crippen molar-refractivity contribution in [3.05, 3.63) is 156 Å². The highest BCUT2D eigenvalue weighted by Gasteiger charge is 2.38. The SMILES string of the molecule is Cc1c(-c2cc3cc(NC(=O)OC4(C)COC4)ncc3c(N)n2)cnc2c1NCCC2.Cc1c(-c2cc3cc(NC(=O)O[C@H]4CCS(=O)(=O)C4)ncc3c(N)n2)cnc2c1NCCC2.Cc1c(N)cccc1-c1cc2cc(NC(=O)O[C@@H]3CCS(=O)(=O)C3)ncc2c(N)n1.Cc1c(N)cccc1-c1cc2cc(NC(=O)O[C@H]3CCS(=O)(=O)C3)ncc2c(N)n1. The van der Waals surface area contributed by atoms with Crippen molar-refractivity contribution in [1.82, 2.24) is 49.8 Å². The monoisotopic (exact) mass is 1740 g/mol. The summed E-state index contributed by atoms with van der Waals surface area (Å²) in [5.74, 6) is 2.09. The number of carbonyl (C=O) groups excluding carboxylic acids is 4. The van der Waals surface area contributed by atoms with Gasteiger partial charge in [-0.1, -0.05) is 24.3 Å². The van der Waals surface area contributed by atoms with Crippen molar-refractivity contribution in [3.8, 4) is 45.0 Å². The van der Waals surface area contributed by atoms with Crippen LogP contribution in [0.4, 0.5) is 88.5 Å². The molecule has 0 saturated carbocycles. The van der Waals surface area contributed by atoms with Gasteiger partial charge in [0, 0.05) is 105 Å². The number of fused-ring (bicyclic) bond motifs is 6. The fraction of sp³-hybridized carbons (Fsp3) is 0.310. The largest absolute Gasteiger partial charge is 0.445 e. The molecule has 124 heavy (non-hydrogen) atoms. The third-order valence-electron chi connectivity index (χ3n) is 21.9. The lowest BCUT2D eigenvalue weighted by molar-refractivity contribution is -0.164. The first-order valence-electron chi connectivity index (χ1n) is 39.7. The first-order chi connectivity index (χ1) is 59.1. The van der Waals surface area contributed by atoms with Gasteiger partial charge >= 0.3 is 24.4 Å². The van der Waals surface area contributed by atoms with E-state index in [0.717, 1.165) is 133 Å². The van der Waals surface area contributed by atoms with Crippen LogP contribution in [-0.4, -0.2) is 184 Å². The number of anilines is 12. The Bertz CT molecular complexity index is 6470. The summed E-state index contributed by atoms with van der Waals surface area (Å²) in [5.41, 5.74) is 51.9. The Balaban J connectivity index is 0.000000128. The maximum atomic E-state index is 12.2. The van der Waals surface area contributed by atoms with Crippen LogP contribution in [0.15, 0.2) is 122 Å². The van der Waals surface area contributed by atoms with E-state index >= 15 is 0 Å². The molecule has 18 N–H and O–H groups in total. The summed E-state index contributed by atoms with van der Waals surface area (Å²) in [7, 11) is -9.41. The van der Waals surface area contributed by atoms with E-state index in [0.29, 0.717) is 112 Å². The highest BCUT2D eigenvalue weighted by Crippen LogP contribution is 2.39.